The number of hydrogen-bond acceptors (Lipinski definition) is 3. The fourth-order valence-corrected chi connectivity index (χ4v) is 4.08. The molecule has 0 saturated carbocycles. The minimum Gasteiger partial charge on any atom is -0.326 e. The molecule has 25 heavy (non-hydrogen) atoms. The predicted octanol–water partition coefficient (Wildman–Crippen LogP) is 3.53. The van der Waals surface area contributed by atoms with Crippen LogP contribution >= 0.6 is 0 Å². The second kappa shape index (κ2) is 5.89. The molecule has 1 aliphatic rings. The van der Waals surface area contributed by atoms with Crippen molar-refractivity contribution in [1.29, 1.82) is 0 Å². The molecule has 6 heteroatoms. The molecule has 126 valence electrons. The molecule has 0 unspecified atom stereocenters. The second-order valence-corrected chi connectivity index (χ2v) is 7.72. The largest absolute Gasteiger partial charge is 0.326 e. The van der Waals surface area contributed by atoms with Crippen molar-refractivity contribution in [3.8, 4) is 0 Å². The number of fused-ring (bicyclic) bond motifs is 2. The molecule has 4 rings (SSSR count). The molecular formula is C19H16N2O3S. The lowest BCUT2D eigenvalue weighted by Crippen LogP contribution is -2.19. The van der Waals surface area contributed by atoms with Gasteiger partial charge in [0.25, 0.3) is 10.0 Å². The topological polar surface area (TPSA) is 75.3 Å². The summed E-state index contributed by atoms with van der Waals surface area (Å²) in [5.41, 5.74) is 2.16. The lowest BCUT2D eigenvalue weighted by atomic mass is 10.0. The third-order valence-electron chi connectivity index (χ3n) is 4.28. The van der Waals surface area contributed by atoms with Gasteiger partial charge in [-0.1, -0.05) is 30.3 Å². The maximum Gasteiger partial charge on any atom is 0.261 e. The molecule has 3 aromatic carbocycles. The molecule has 0 atom stereocenters. The first-order valence-electron chi connectivity index (χ1n) is 7.96. The highest BCUT2D eigenvalue weighted by Crippen LogP contribution is 2.27. The van der Waals surface area contributed by atoms with E-state index in [1.54, 1.807) is 36.4 Å². The van der Waals surface area contributed by atoms with Crippen LogP contribution in [0.1, 0.15) is 12.0 Å². The quantitative estimate of drug-likeness (QED) is 0.757. The van der Waals surface area contributed by atoms with E-state index in [4.69, 9.17) is 0 Å². The molecule has 1 aliphatic heterocycles. The van der Waals surface area contributed by atoms with Gasteiger partial charge in [0.2, 0.25) is 5.91 Å². The lowest BCUT2D eigenvalue weighted by molar-refractivity contribution is -0.116. The van der Waals surface area contributed by atoms with Crippen molar-refractivity contribution in [2.45, 2.75) is 17.7 Å². The van der Waals surface area contributed by atoms with E-state index in [0.29, 0.717) is 18.5 Å². The molecule has 2 N–H and O–H groups in total. The number of hydrogen-bond donors (Lipinski definition) is 2. The summed E-state index contributed by atoms with van der Waals surface area (Å²) in [4.78, 5) is 11.6. The van der Waals surface area contributed by atoms with Gasteiger partial charge in [0, 0.05) is 17.8 Å². The predicted molar refractivity (Wildman–Crippen MR) is 98.1 cm³/mol. The van der Waals surface area contributed by atoms with Crippen molar-refractivity contribution in [2.75, 3.05) is 10.0 Å². The number of nitrogens with one attached hydrogen (secondary N) is 2. The van der Waals surface area contributed by atoms with Crippen molar-refractivity contribution in [2.24, 2.45) is 0 Å². The van der Waals surface area contributed by atoms with Crippen molar-refractivity contribution >= 4 is 38.1 Å². The van der Waals surface area contributed by atoms with Crippen molar-refractivity contribution in [1.82, 2.24) is 0 Å². The van der Waals surface area contributed by atoms with Crippen molar-refractivity contribution in [3.05, 3.63) is 66.2 Å². The smallest absolute Gasteiger partial charge is 0.261 e. The summed E-state index contributed by atoms with van der Waals surface area (Å²) in [7, 11) is -3.68. The lowest BCUT2D eigenvalue weighted by Gasteiger charge is -2.18. The van der Waals surface area contributed by atoms with Crippen LogP contribution in [0.4, 0.5) is 11.4 Å². The Balaban J connectivity index is 1.65. The molecule has 3 aromatic rings. The molecule has 0 aromatic heterocycles. The summed E-state index contributed by atoms with van der Waals surface area (Å²) >= 11 is 0. The Morgan fingerprint density at radius 1 is 0.880 bits per heavy atom. The van der Waals surface area contributed by atoms with Gasteiger partial charge in [0.15, 0.2) is 0 Å². The van der Waals surface area contributed by atoms with Crippen LogP contribution < -0.4 is 10.0 Å². The van der Waals surface area contributed by atoms with Crippen LogP contribution in [0.15, 0.2) is 65.6 Å². The van der Waals surface area contributed by atoms with Gasteiger partial charge in [-0.15, -0.1) is 0 Å². The molecule has 5 nitrogen and oxygen atoms in total. The van der Waals surface area contributed by atoms with Crippen LogP contribution in [-0.4, -0.2) is 14.3 Å². The van der Waals surface area contributed by atoms with E-state index < -0.39 is 10.0 Å². The zero-order valence-corrected chi connectivity index (χ0v) is 14.1. The number of carbonyl (C=O) groups excluding carboxylic acids is 1. The van der Waals surface area contributed by atoms with Gasteiger partial charge >= 0.3 is 0 Å². The van der Waals surface area contributed by atoms with E-state index in [1.807, 2.05) is 24.3 Å². The van der Waals surface area contributed by atoms with E-state index in [9.17, 15) is 13.2 Å². The third-order valence-corrected chi connectivity index (χ3v) is 5.66. The highest BCUT2D eigenvalue weighted by Gasteiger charge is 2.18. The molecule has 1 amide bonds. The Labute approximate surface area is 145 Å². The Morgan fingerprint density at radius 3 is 2.52 bits per heavy atom. The Bertz CT molecular complexity index is 1090. The first kappa shape index (κ1) is 15.7. The van der Waals surface area contributed by atoms with Crippen LogP contribution in [0.2, 0.25) is 0 Å². The summed E-state index contributed by atoms with van der Waals surface area (Å²) in [5.74, 6) is -0.0167. The van der Waals surface area contributed by atoms with Gasteiger partial charge in [-0.2, -0.15) is 0 Å². The molecule has 0 saturated heterocycles. The fraction of sp³-hybridized carbons (Fsp3) is 0.105. The molecule has 0 fully saturated rings. The van der Waals surface area contributed by atoms with Crippen molar-refractivity contribution < 1.29 is 13.2 Å². The zero-order valence-electron chi connectivity index (χ0n) is 13.3. The fourth-order valence-electron chi connectivity index (χ4n) is 3.00. The van der Waals surface area contributed by atoms with E-state index in [1.165, 1.54) is 0 Å². The first-order valence-corrected chi connectivity index (χ1v) is 9.44. The number of rotatable bonds is 3. The monoisotopic (exact) mass is 352 g/mol. The Kier molecular flexibility index (Phi) is 3.69. The number of carbonyl (C=O) groups is 1. The summed E-state index contributed by atoms with van der Waals surface area (Å²) in [6, 6.07) is 17.8. The van der Waals surface area contributed by atoms with Gasteiger partial charge in [-0.05, 0) is 53.1 Å². The molecule has 0 bridgehead atoms. The minimum absolute atomic E-state index is 0.0167. The average molecular weight is 352 g/mol. The summed E-state index contributed by atoms with van der Waals surface area (Å²) in [6.45, 7) is 0. The molecule has 1 heterocycles. The second-order valence-electron chi connectivity index (χ2n) is 6.03. The van der Waals surface area contributed by atoms with Crippen LogP contribution in [0.3, 0.4) is 0 Å². The number of benzene rings is 3. The van der Waals surface area contributed by atoms with Crippen LogP contribution in [0.5, 0.6) is 0 Å². The number of aryl methyl sites for hydroxylation is 1. The maximum atomic E-state index is 12.7. The van der Waals surface area contributed by atoms with Crippen molar-refractivity contribution in [3.63, 3.8) is 0 Å². The minimum atomic E-state index is -3.68. The number of amides is 1. The third kappa shape index (κ3) is 3.08. The van der Waals surface area contributed by atoms with E-state index in [2.05, 4.69) is 10.0 Å². The average Bonchev–Trinajstić information content (AvgIpc) is 2.61. The van der Waals surface area contributed by atoms with Gasteiger partial charge < -0.3 is 5.32 Å². The van der Waals surface area contributed by atoms with E-state index >= 15 is 0 Å². The van der Waals surface area contributed by atoms with Gasteiger partial charge in [0.05, 0.1) is 4.90 Å². The van der Waals surface area contributed by atoms with Gasteiger partial charge in [0.1, 0.15) is 0 Å². The summed E-state index contributed by atoms with van der Waals surface area (Å²) in [6.07, 6.45) is 1.01. The van der Waals surface area contributed by atoms with E-state index in [-0.39, 0.29) is 10.8 Å². The standard InChI is InChI=1S/C19H16N2O3S/c22-19-10-6-15-11-16(7-9-18(15)20-19)21-25(23,24)17-8-5-13-3-1-2-4-14(13)12-17/h1-5,7-9,11-12,21H,6,10H2,(H,20,22). The van der Waals surface area contributed by atoms with Crippen LogP contribution in [0.25, 0.3) is 10.8 Å². The van der Waals surface area contributed by atoms with Gasteiger partial charge in [-0.25, -0.2) is 8.42 Å². The van der Waals surface area contributed by atoms with Crippen LogP contribution in [0, 0.1) is 0 Å². The number of sulfonamides is 1. The molecular weight excluding hydrogens is 336 g/mol. The van der Waals surface area contributed by atoms with Gasteiger partial charge in [-0.3, -0.25) is 9.52 Å². The molecule has 0 spiro atoms. The summed E-state index contributed by atoms with van der Waals surface area (Å²) in [5, 5.41) is 4.65. The highest BCUT2D eigenvalue weighted by molar-refractivity contribution is 7.92. The Hall–Kier alpha value is -2.86. The first-order chi connectivity index (χ1) is 12.0. The Morgan fingerprint density at radius 2 is 1.68 bits per heavy atom. The zero-order chi connectivity index (χ0) is 17.4. The van der Waals surface area contributed by atoms with Crippen LogP contribution in [-0.2, 0) is 21.2 Å². The molecule has 0 aliphatic carbocycles. The maximum absolute atomic E-state index is 12.7. The highest BCUT2D eigenvalue weighted by atomic mass is 32.2. The number of anilines is 2. The normalized spacial score (nSPS) is 14.0. The summed E-state index contributed by atoms with van der Waals surface area (Å²) < 4.78 is 28.0. The van der Waals surface area contributed by atoms with E-state index in [0.717, 1.165) is 22.0 Å². The molecule has 0 radical (unpaired) electrons. The SMILES string of the molecule is O=C1CCc2cc(NS(=O)(=O)c3ccc4ccccc4c3)ccc2N1.